The Morgan fingerprint density at radius 2 is 1.81 bits per heavy atom. The van der Waals surface area contributed by atoms with Crippen LogP contribution in [0.3, 0.4) is 0 Å². The SMILES string of the molecule is OC(c1cncnc1)c1ccc(Br)cc1Br. The van der Waals surface area contributed by atoms with E-state index in [0.29, 0.717) is 5.56 Å². The number of aliphatic hydroxyl groups is 1. The summed E-state index contributed by atoms with van der Waals surface area (Å²) in [5, 5.41) is 10.1. The first kappa shape index (κ1) is 11.7. The predicted octanol–water partition coefficient (Wildman–Crippen LogP) is 3.08. The average Bonchev–Trinajstić information content (AvgIpc) is 2.29. The average molecular weight is 344 g/mol. The Balaban J connectivity index is 2.38. The highest BCUT2D eigenvalue weighted by Crippen LogP contribution is 2.30. The molecule has 0 fully saturated rings. The van der Waals surface area contributed by atoms with Crippen molar-refractivity contribution in [1.29, 1.82) is 0 Å². The summed E-state index contributed by atoms with van der Waals surface area (Å²) in [7, 11) is 0. The van der Waals surface area contributed by atoms with Crippen LogP contribution in [0.25, 0.3) is 0 Å². The number of halogens is 2. The van der Waals surface area contributed by atoms with E-state index in [1.165, 1.54) is 6.33 Å². The molecular formula is C11H8Br2N2O. The van der Waals surface area contributed by atoms with Crippen LogP contribution in [0.2, 0.25) is 0 Å². The molecule has 16 heavy (non-hydrogen) atoms. The molecule has 1 heterocycles. The molecule has 0 bridgehead atoms. The minimum atomic E-state index is -0.719. The minimum Gasteiger partial charge on any atom is -0.383 e. The highest BCUT2D eigenvalue weighted by atomic mass is 79.9. The zero-order valence-electron chi connectivity index (χ0n) is 8.14. The summed E-state index contributed by atoms with van der Waals surface area (Å²) in [5.74, 6) is 0. The standard InChI is InChI=1S/C11H8Br2N2O/c12-8-1-2-9(10(13)3-8)11(16)7-4-14-6-15-5-7/h1-6,11,16H. The lowest BCUT2D eigenvalue weighted by molar-refractivity contribution is 0.218. The van der Waals surface area contributed by atoms with Crippen LogP contribution in [0, 0.1) is 0 Å². The molecule has 1 N–H and O–H groups in total. The highest BCUT2D eigenvalue weighted by Gasteiger charge is 2.14. The summed E-state index contributed by atoms with van der Waals surface area (Å²) >= 11 is 6.78. The molecule has 0 spiro atoms. The Morgan fingerprint density at radius 3 is 2.44 bits per heavy atom. The van der Waals surface area contributed by atoms with Gasteiger partial charge in [0.1, 0.15) is 12.4 Å². The van der Waals surface area contributed by atoms with Gasteiger partial charge in [-0.3, -0.25) is 0 Å². The second-order valence-electron chi connectivity index (χ2n) is 3.24. The summed E-state index contributed by atoms with van der Waals surface area (Å²) in [6.07, 6.45) is 3.93. The highest BCUT2D eigenvalue weighted by molar-refractivity contribution is 9.11. The molecule has 0 saturated heterocycles. The molecular weight excluding hydrogens is 336 g/mol. The van der Waals surface area contributed by atoms with E-state index in [0.717, 1.165) is 14.5 Å². The molecule has 1 atom stereocenters. The first-order valence-corrected chi connectivity index (χ1v) is 6.15. The molecule has 0 amide bonds. The molecule has 0 aliphatic carbocycles. The van der Waals surface area contributed by atoms with Gasteiger partial charge in [-0.05, 0) is 17.7 Å². The fraction of sp³-hybridized carbons (Fsp3) is 0.0909. The van der Waals surface area contributed by atoms with Gasteiger partial charge >= 0.3 is 0 Å². The molecule has 1 unspecified atom stereocenters. The maximum Gasteiger partial charge on any atom is 0.115 e. The molecule has 0 aliphatic heterocycles. The molecule has 0 aliphatic rings. The molecule has 2 aromatic rings. The lowest BCUT2D eigenvalue weighted by atomic mass is 10.0. The summed E-state index contributed by atoms with van der Waals surface area (Å²) in [5.41, 5.74) is 1.46. The van der Waals surface area contributed by atoms with Crippen molar-refractivity contribution < 1.29 is 5.11 Å². The van der Waals surface area contributed by atoms with E-state index >= 15 is 0 Å². The number of benzene rings is 1. The third-order valence-electron chi connectivity index (χ3n) is 2.15. The Hall–Kier alpha value is -0.780. The van der Waals surface area contributed by atoms with E-state index in [1.807, 2.05) is 18.2 Å². The van der Waals surface area contributed by atoms with Gasteiger partial charge in [-0.1, -0.05) is 37.9 Å². The van der Waals surface area contributed by atoms with E-state index in [-0.39, 0.29) is 0 Å². The van der Waals surface area contributed by atoms with Gasteiger partial charge in [-0.15, -0.1) is 0 Å². The Kier molecular flexibility index (Phi) is 3.68. The van der Waals surface area contributed by atoms with Gasteiger partial charge in [0.25, 0.3) is 0 Å². The number of hydrogen-bond donors (Lipinski definition) is 1. The van der Waals surface area contributed by atoms with Gasteiger partial charge in [-0.25, -0.2) is 9.97 Å². The number of hydrogen-bond acceptors (Lipinski definition) is 3. The van der Waals surface area contributed by atoms with Crippen molar-refractivity contribution in [1.82, 2.24) is 9.97 Å². The number of aromatic nitrogens is 2. The van der Waals surface area contributed by atoms with Crippen LogP contribution in [-0.4, -0.2) is 15.1 Å². The van der Waals surface area contributed by atoms with Crippen LogP contribution in [0.5, 0.6) is 0 Å². The van der Waals surface area contributed by atoms with Crippen LogP contribution in [0.1, 0.15) is 17.2 Å². The zero-order valence-corrected chi connectivity index (χ0v) is 11.3. The Labute approximate surface area is 110 Å². The molecule has 82 valence electrons. The summed E-state index contributed by atoms with van der Waals surface area (Å²) in [4.78, 5) is 7.77. The molecule has 3 nitrogen and oxygen atoms in total. The maximum atomic E-state index is 10.1. The number of rotatable bonds is 2. The molecule has 2 rings (SSSR count). The first-order valence-electron chi connectivity index (χ1n) is 4.56. The van der Waals surface area contributed by atoms with Gasteiger partial charge < -0.3 is 5.11 Å². The second kappa shape index (κ2) is 5.03. The second-order valence-corrected chi connectivity index (χ2v) is 5.01. The molecule has 0 radical (unpaired) electrons. The molecule has 1 aromatic heterocycles. The van der Waals surface area contributed by atoms with Gasteiger partial charge in [0.2, 0.25) is 0 Å². The van der Waals surface area contributed by atoms with Crippen LogP contribution in [-0.2, 0) is 0 Å². The van der Waals surface area contributed by atoms with E-state index in [4.69, 9.17) is 0 Å². The monoisotopic (exact) mass is 342 g/mol. The largest absolute Gasteiger partial charge is 0.383 e. The van der Waals surface area contributed by atoms with E-state index in [2.05, 4.69) is 41.8 Å². The fourth-order valence-electron chi connectivity index (χ4n) is 1.35. The summed E-state index contributed by atoms with van der Waals surface area (Å²) in [6.45, 7) is 0. The zero-order chi connectivity index (χ0) is 11.5. The topological polar surface area (TPSA) is 46.0 Å². The lowest BCUT2D eigenvalue weighted by Crippen LogP contribution is -2.01. The van der Waals surface area contributed by atoms with Gasteiger partial charge in [0.15, 0.2) is 0 Å². The lowest BCUT2D eigenvalue weighted by Gasteiger charge is -2.12. The third-order valence-corrected chi connectivity index (χ3v) is 3.33. The smallest absolute Gasteiger partial charge is 0.115 e. The third kappa shape index (κ3) is 2.48. The predicted molar refractivity (Wildman–Crippen MR) is 67.9 cm³/mol. The number of aliphatic hydroxyl groups excluding tert-OH is 1. The van der Waals surface area contributed by atoms with Crippen molar-refractivity contribution >= 4 is 31.9 Å². The minimum absolute atomic E-state index is 0.672. The van der Waals surface area contributed by atoms with Crippen LogP contribution in [0.15, 0.2) is 45.9 Å². The first-order chi connectivity index (χ1) is 7.68. The van der Waals surface area contributed by atoms with Crippen LogP contribution < -0.4 is 0 Å². The maximum absolute atomic E-state index is 10.1. The van der Waals surface area contributed by atoms with E-state index < -0.39 is 6.10 Å². The van der Waals surface area contributed by atoms with Crippen molar-refractivity contribution in [3.8, 4) is 0 Å². The van der Waals surface area contributed by atoms with Crippen LogP contribution >= 0.6 is 31.9 Å². The van der Waals surface area contributed by atoms with E-state index in [1.54, 1.807) is 12.4 Å². The van der Waals surface area contributed by atoms with Crippen LogP contribution in [0.4, 0.5) is 0 Å². The van der Waals surface area contributed by atoms with Crippen molar-refractivity contribution in [3.63, 3.8) is 0 Å². The molecule has 0 saturated carbocycles. The summed E-state index contributed by atoms with van der Waals surface area (Å²) in [6, 6.07) is 5.63. The van der Waals surface area contributed by atoms with Crippen molar-refractivity contribution in [2.75, 3.05) is 0 Å². The quantitative estimate of drug-likeness (QED) is 0.911. The Morgan fingerprint density at radius 1 is 1.12 bits per heavy atom. The van der Waals surface area contributed by atoms with Gasteiger partial charge in [0, 0.05) is 26.9 Å². The van der Waals surface area contributed by atoms with E-state index in [9.17, 15) is 5.11 Å². The molecule has 5 heteroatoms. The normalized spacial score (nSPS) is 12.4. The fourth-order valence-corrected chi connectivity index (χ4v) is 2.62. The number of nitrogens with zero attached hydrogens (tertiary/aromatic N) is 2. The Bertz CT molecular complexity index is 491. The molecule has 1 aromatic carbocycles. The van der Waals surface area contributed by atoms with Crippen molar-refractivity contribution in [3.05, 3.63) is 57.0 Å². The van der Waals surface area contributed by atoms with Gasteiger partial charge in [0.05, 0.1) is 0 Å². The van der Waals surface area contributed by atoms with Gasteiger partial charge in [-0.2, -0.15) is 0 Å². The van der Waals surface area contributed by atoms with Crippen molar-refractivity contribution in [2.45, 2.75) is 6.10 Å². The summed E-state index contributed by atoms with van der Waals surface area (Å²) < 4.78 is 1.80. The van der Waals surface area contributed by atoms with Crippen molar-refractivity contribution in [2.24, 2.45) is 0 Å².